The lowest BCUT2D eigenvalue weighted by Crippen LogP contribution is -2.36. The highest BCUT2D eigenvalue weighted by Gasteiger charge is 2.28. The highest BCUT2D eigenvalue weighted by atomic mass is 79.9. The SMILES string of the molecule is Cc1nnc(CCC2=CSC(N)N2c2ncc(Br)cc2Sc2ccccc2)o1. The van der Waals surface area contributed by atoms with Crippen molar-refractivity contribution < 1.29 is 4.42 Å². The third kappa shape index (κ3) is 4.43. The van der Waals surface area contributed by atoms with Gasteiger partial charge in [-0.3, -0.25) is 0 Å². The Labute approximate surface area is 180 Å². The lowest BCUT2D eigenvalue weighted by atomic mass is 10.2. The predicted octanol–water partition coefficient (Wildman–Crippen LogP) is 4.96. The van der Waals surface area contributed by atoms with Gasteiger partial charge in [-0.15, -0.1) is 10.2 Å². The number of anilines is 1. The highest BCUT2D eigenvalue weighted by molar-refractivity contribution is 9.10. The molecule has 0 spiro atoms. The molecule has 2 N–H and O–H groups in total. The van der Waals surface area contributed by atoms with Gasteiger partial charge in [-0.1, -0.05) is 41.7 Å². The molecule has 1 aliphatic heterocycles. The van der Waals surface area contributed by atoms with Gasteiger partial charge in [-0.05, 0) is 46.0 Å². The zero-order valence-electron chi connectivity index (χ0n) is 15.1. The average Bonchev–Trinajstić information content (AvgIpc) is 3.27. The first kappa shape index (κ1) is 19.5. The summed E-state index contributed by atoms with van der Waals surface area (Å²) in [5.41, 5.74) is 7.28. The second kappa shape index (κ2) is 8.69. The molecule has 0 fully saturated rings. The number of nitrogens with two attached hydrogens (primary N) is 1. The largest absolute Gasteiger partial charge is 0.426 e. The Kier molecular flexibility index (Phi) is 6.05. The van der Waals surface area contributed by atoms with Crippen LogP contribution in [0.15, 0.2) is 72.4 Å². The van der Waals surface area contributed by atoms with Crippen LogP contribution in [0.5, 0.6) is 0 Å². The topological polar surface area (TPSA) is 81.1 Å². The van der Waals surface area contributed by atoms with Gasteiger partial charge in [0.05, 0.1) is 4.90 Å². The molecular weight excluding hydrogens is 458 g/mol. The van der Waals surface area contributed by atoms with Gasteiger partial charge in [0.25, 0.3) is 0 Å². The number of aromatic nitrogens is 3. The van der Waals surface area contributed by atoms with Crippen molar-refractivity contribution >= 4 is 45.3 Å². The van der Waals surface area contributed by atoms with Crippen LogP contribution in [0.3, 0.4) is 0 Å². The maximum atomic E-state index is 6.40. The molecule has 0 bridgehead atoms. The summed E-state index contributed by atoms with van der Waals surface area (Å²) < 4.78 is 6.43. The second-order valence-corrected chi connectivity index (χ2v) is 9.13. The lowest BCUT2D eigenvalue weighted by molar-refractivity contribution is 0.465. The standard InChI is InChI=1S/C19H18BrN5OS2/c1-12-23-24-17(26-12)8-7-14-11-27-19(21)25(14)18-16(9-13(20)10-22-18)28-15-5-3-2-4-6-15/h2-6,9-11,19H,7-8,21H2,1H3. The summed E-state index contributed by atoms with van der Waals surface area (Å²) in [5, 5.41) is 10.1. The summed E-state index contributed by atoms with van der Waals surface area (Å²) in [4.78, 5) is 8.97. The van der Waals surface area contributed by atoms with Gasteiger partial charge in [0.2, 0.25) is 11.8 Å². The fourth-order valence-electron chi connectivity index (χ4n) is 2.82. The fourth-order valence-corrected chi connectivity index (χ4v) is 5.17. The summed E-state index contributed by atoms with van der Waals surface area (Å²) in [6, 6.07) is 12.3. The van der Waals surface area contributed by atoms with E-state index in [1.165, 1.54) is 0 Å². The number of allylic oxidation sites excluding steroid dienone is 1. The monoisotopic (exact) mass is 475 g/mol. The summed E-state index contributed by atoms with van der Waals surface area (Å²) >= 11 is 6.79. The van der Waals surface area contributed by atoms with Crippen molar-refractivity contribution in [2.45, 2.75) is 35.1 Å². The number of rotatable bonds is 6. The molecule has 0 amide bonds. The summed E-state index contributed by atoms with van der Waals surface area (Å²) in [6.07, 6.45) is 3.21. The third-order valence-corrected chi connectivity index (χ3v) is 6.43. The van der Waals surface area contributed by atoms with E-state index in [1.807, 2.05) is 18.2 Å². The van der Waals surface area contributed by atoms with Crippen LogP contribution >= 0.6 is 39.5 Å². The molecule has 6 nitrogen and oxygen atoms in total. The smallest absolute Gasteiger partial charge is 0.216 e. The van der Waals surface area contributed by atoms with E-state index in [-0.39, 0.29) is 5.50 Å². The quantitative estimate of drug-likeness (QED) is 0.535. The molecule has 4 rings (SSSR count). The molecule has 144 valence electrons. The fraction of sp³-hybridized carbons (Fsp3) is 0.211. The Morgan fingerprint density at radius 1 is 1.25 bits per heavy atom. The van der Waals surface area contributed by atoms with Crippen molar-refractivity contribution in [1.29, 1.82) is 0 Å². The molecule has 2 aromatic heterocycles. The molecule has 1 unspecified atom stereocenters. The molecule has 28 heavy (non-hydrogen) atoms. The zero-order chi connectivity index (χ0) is 19.5. The average molecular weight is 476 g/mol. The molecule has 0 saturated heterocycles. The molecule has 0 aliphatic carbocycles. The maximum Gasteiger partial charge on any atom is 0.216 e. The van der Waals surface area contributed by atoms with Crippen LogP contribution in [0.2, 0.25) is 0 Å². The van der Waals surface area contributed by atoms with Crippen LogP contribution in [-0.4, -0.2) is 20.7 Å². The van der Waals surface area contributed by atoms with Crippen molar-refractivity contribution in [2.75, 3.05) is 4.90 Å². The van der Waals surface area contributed by atoms with E-state index in [0.29, 0.717) is 18.2 Å². The Morgan fingerprint density at radius 3 is 2.82 bits per heavy atom. The van der Waals surface area contributed by atoms with Gasteiger partial charge in [-0.25, -0.2) is 4.98 Å². The van der Waals surface area contributed by atoms with Crippen LogP contribution in [0.1, 0.15) is 18.2 Å². The minimum atomic E-state index is -0.219. The Morgan fingerprint density at radius 2 is 2.07 bits per heavy atom. The van der Waals surface area contributed by atoms with E-state index in [2.05, 4.69) is 59.6 Å². The number of thioether (sulfide) groups is 1. The first-order valence-corrected chi connectivity index (χ1v) is 11.2. The molecule has 0 saturated carbocycles. The first-order chi connectivity index (χ1) is 13.6. The van der Waals surface area contributed by atoms with Crippen LogP contribution < -0.4 is 10.6 Å². The van der Waals surface area contributed by atoms with Gasteiger partial charge in [-0.2, -0.15) is 0 Å². The molecule has 1 atom stereocenters. The lowest BCUT2D eigenvalue weighted by Gasteiger charge is -2.27. The predicted molar refractivity (Wildman–Crippen MR) is 116 cm³/mol. The normalized spacial score (nSPS) is 16.5. The molecule has 3 heterocycles. The zero-order valence-corrected chi connectivity index (χ0v) is 18.3. The van der Waals surface area contributed by atoms with Crippen molar-refractivity contribution in [1.82, 2.24) is 15.2 Å². The van der Waals surface area contributed by atoms with Crippen molar-refractivity contribution in [3.63, 3.8) is 0 Å². The first-order valence-electron chi connectivity index (χ1n) is 8.67. The summed E-state index contributed by atoms with van der Waals surface area (Å²) in [7, 11) is 0. The van der Waals surface area contributed by atoms with E-state index < -0.39 is 0 Å². The minimum absolute atomic E-state index is 0.219. The van der Waals surface area contributed by atoms with Crippen LogP contribution in [0.25, 0.3) is 0 Å². The van der Waals surface area contributed by atoms with Crippen LogP contribution in [-0.2, 0) is 6.42 Å². The molecule has 3 aromatic rings. The summed E-state index contributed by atoms with van der Waals surface area (Å²) in [6.45, 7) is 1.79. The van der Waals surface area contributed by atoms with Gasteiger partial charge in [0.1, 0.15) is 11.3 Å². The van der Waals surface area contributed by atoms with Gasteiger partial charge >= 0.3 is 0 Å². The molecule has 9 heteroatoms. The van der Waals surface area contributed by atoms with Crippen molar-refractivity contribution in [2.24, 2.45) is 5.73 Å². The molecule has 1 aliphatic rings. The summed E-state index contributed by atoms with van der Waals surface area (Å²) in [5.74, 6) is 2.06. The van der Waals surface area contributed by atoms with E-state index >= 15 is 0 Å². The van der Waals surface area contributed by atoms with E-state index in [9.17, 15) is 0 Å². The second-order valence-electron chi connectivity index (χ2n) is 6.11. The maximum absolute atomic E-state index is 6.40. The van der Waals surface area contributed by atoms with Crippen LogP contribution in [0, 0.1) is 6.92 Å². The van der Waals surface area contributed by atoms with Gasteiger partial charge in [0.15, 0.2) is 0 Å². The number of hydrogen-bond acceptors (Lipinski definition) is 8. The minimum Gasteiger partial charge on any atom is -0.426 e. The molecule has 1 aromatic carbocycles. The molecular formula is C19H18BrN5OS2. The number of nitrogens with zero attached hydrogens (tertiary/aromatic N) is 4. The number of pyridine rings is 1. The van der Waals surface area contributed by atoms with E-state index in [1.54, 1.807) is 36.6 Å². The van der Waals surface area contributed by atoms with Crippen molar-refractivity contribution in [3.8, 4) is 0 Å². The van der Waals surface area contributed by atoms with Gasteiger partial charge in [0, 0.05) is 34.6 Å². The number of halogens is 1. The van der Waals surface area contributed by atoms with E-state index in [4.69, 9.17) is 10.2 Å². The molecule has 0 radical (unpaired) electrons. The van der Waals surface area contributed by atoms with Gasteiger partial charge < -0.3 is 15.1 Å². The Balaban J connectivity index is 1.59. The number of hydrogen-bond donors (Lipinski definition) is 1. The van der Waals surface area contributed by atoms with Crippen molar-refractivity contribution in [3.05, 3.63) is 70.0 Å². The Bertz CT molecular complexity index is 995. The third-order valence-electron chi connectivity index (χ3n) is 4.07. The van der Waals surface area contributed by atoms with Crippen LogP contribution in [0.4, 0.5) is 5.82 Å². The number of aryl methyl sites for hydroxylation is 2. The Hall–Kier alpha value is -1.81. The highest BCUT2D eigenvalue weighted by Crippen LogP contribution is 2.41. The van der Waals surface area contributed by atoms with E-state index in [0.717, 1.165) is 32.2 Å². The number of benzene rings is 1.